The van der Waals surface area contributed by atoms with Gasteiger partial charge in [0.25, 0.3) is 0 Å². The van der Waals surface area contributed by atoms with Gasteiger partial charge in [0.05, 0.1) is 0 Å². The average molecular weight is 170 g/mol. The Morgan fingerprint density at radius 3 is 2.50 bits per heavy atom. The maximum absolute atomic E-state index is 11.7. The van der Waals surface area contributed by atoms with Crippen molar-refractivity contribution in [2.24, 2.45) is 5.92 Å². The quantitative estimate of drug-likeness (QED) is 0.632. The summed E-state index contributed by atoms with van der Waals surface area (Å²) < 4.78 is 5.33. The van der Waals surface area contributed by atoms with E-state index in [9.17, 15) is 4.79 Å². The summed E-state index contributed by atoms with van der Waals surface area (Å²) in [6.07, 6.45) is 3.88. The van der Waals surface area contributed by atoms with Crippen molar-refractivity contribution in [1.29, 1.82) is 0 Å². The minimum atomic E-state index is -0.476. The summed E-state index contributed by atoms with van der Waals surface area (Å²) >= 11 is 0. The zero-order valence-electron chi connectivity index (χ0n) is 8.22. The Labute approximate surface area is 74.3 Å². The van der Waals surface area contributed by atoms with Gasteiger partial charge in [-0.25, -0.2) is 0 Å². The number of hydrogen-bond acceptors (Lipinski definition) is 2. The number of ketones is 1. The lowest BCUT2D eigenvalue weighted by Crippen LogP contribution is -2.39. The number of ether oxygens (including phenoxy) is 1. The van der Waals surface area contributed by atoms with Crippen molar-refractivity contribution < 1.29 is 9.53 Å². The average Bonchev–Trinajstić information content (AvgIpc) is 2.86. The van der Waals surface area contributed by atoms with Gasteiger partial charge in [-0.15, -0.1) is 0 Å². The van der Waals surface area contributed by atoms with Gasteiger partial charge < -0.3 is 4.74 Å². The van der Waals surface area contributed by atoms with Crippen LogP contribution in [-0.4, -0.2) is 18.5 Å². The first-order chi connectivity index (χ1) is 5.65. The molecule has 0 heterocycles. The van der Waals surface area contributed by atoms with E-state index >= 15 is 0 Å². The molecule has 70 valence electrons. The SMILES string of the molecule is CCCC(=O)C(C)(OC)C1CC1. The van der Waals surface area contributed by atoms with E-state index in [2.05, 4.69) is 0 Å². The van der Waals surface area contributed by atoms with Gasteiger partial charge in [0, 0.05) is 13.5 Å². The van der Waals surface area contributed by atoms with Crippen LogP contribution in [-0.2, 0) is 9.53 Å². The third kappa shape index (κ3) is 1.69. The molecule has 1 aliphatic rings. The van der Waals surface area contributed by atoms with Crippen LogP contribution in [0.1, 0.15) is 39.5 Å². The molecular formula is C10H18O2. The second-order valence-electron chi connectivity index (χ2n) is 3.76. The van der Waals surface area contributed by atoms with Crippen molar-refractivity contribution in [2.75, 3.05) is 7.11 Å². The molecule has 1 unspecified atom stereocenters. The largest absolute Gasteiger partial charge is 0.370 e. The highest BCUT2D eigenvalue weighted by molar-refractivity contribution is 5.87. The Morgan fingerprint density at radius 1 is 1.58 bits per heavy atom. The van der Waals surface area contributed by atoms with Crippen LogP contribution in [0.3, 0.4) is 0 Å². The van der Waals surface area contributed by atoms with Gasteiger partial charge >= 0.3 is 0 Å². The highest BCUT2D eigenvalue weighted by Crippen LogP contribution is 2.42. The number of hydrogen-bond donors (Lipinski definition) is 0. The van der Waals surface area contributed by atoms with Gasteiger partial charge in [0.1, 0.15) is 5.60 Å². The minimum absolute atomic E-state index is 0.273. The lowest BCUT2D eigenvalue weighted by Gasteiger charge is -2.26. The fourth-order valence-electron chi connectivity index (χ4n) is 1.62. The molecule has 0 radical (unpaired) electrons. The zero-order valence-corrected chi connectivity index (χ0v) is 8.22. The van der Waals surface area contributed by atoms with Crippen molar-refractivity contribution in [1.82, 2.24) is 0 Å². The number of Topliss-reactive ketones (excluding diaryl/α,β-unsaturated/α-hetero) is 1. The molecule has 0 aromatic rings. The summed E-state index contributed by atoms with van der Waals surface area (Å²) in [5.41, 5.74) is -0.476. The van der Waals surface area contributed by atoms with Gasteiger partial charge in [-0.2, -0.15) is 0 Å². The van der Waals surface area contributed by atoms with Gasteiger partial charge in [-0.05, 0) is 32.1 Å². The van der Waals surface area contributed by atoms with E-state index in [-0.39, 0.29) is 5.78 Å². The van der Waals surface area contributed by atoms with E-state index in [1.54, 1.807) is 7.11 Å². The van der Waals surface area contributed by atoms with Crippen LogP contribution in [0.4, 0.5) is 0 Å². The molecule has 1 aliphatic carbocycles. The Morgan fingerprint density at radius 2 is 2.17 bits per heavy atom. The number of carbonyl (C=O) groups excluding carboxylic acids is 1. The summed E-state index contributed by atoms with van der Waals surface area (Å²) in [5, 5.41) is 0. The Bertz CT molecular complexity index is 173. The normalized spacial score (nSPS) is 21.9. The van der Waals surface area contributed by atoms with Crippen LogP contribution >= 0.6 is 0 Å². The summed E-state index contributed by atoms with van der Waals surface area (Å²) in [7, 11) is 1.64. The highest BCUT2D eigenvalue weighted by Gasteiger charge is 2.46. The summed E-state index contributed by atoms with van der Waals surface area (Å²) in [6, 6.07) is 0. The first-order valence-corrected chi connectivity index (χ1v) is 4.73. The van der Waals surface area contributed by atoms with Crippen molar-refractivity contribution in [3.8, 4) is 0 Å². The number of carbonyl (C=O) groups is 1. The maximum Gasteiger partial charge on any atom is 0.164 e. The molecule has 1 rings (SSSR count). The molecule has 0 aromatic heterocycles. The standard InChI is InChI=1S/C10H18O2/c1-4-5-9(11)10(2,12-3)8-6-7-8/h8H,4-7H2,1-3H3. The minimum Gasteiger partial charge on any atom is -0.370 e. The maximum atomic E-state index is 11.7. The van der Waals surface area contributed by atoms with E-state index in [0.29, 0.717) is 12.3 Å². The molecule has 0 aliphatic heterocycles. The fourth-order valence-corrected chi connectivity index (χ4v) is 1.62. The highest BCUT2D eigenvalue weighted by atomic mass is 16.5. The third-order valence-corrected chi connectivity index (χ3v) is 2.81. The molecule has 2 nitrogen and oxygen atoms in total. The van der Waals surface area contributed by atoms with Gasteiger partial charge in [0.15, 0.2) is 5.78 Å². The van der Waals surface area contributed by atoms with Crippen LogP contribution in [0, 0.1) is 5.92 Å². The first kappa shape index (κ1) is 9.72. The summed E-state index contributed by atoms with van der Waals surface area (Å²) in [5.74, 6) is 0.761. The van der Waals surface area contributed by atoms with Crippen molar-refractivity contribution >= 4 is 5.78 Å². The molecule has 0 spiro atoms. The van der Waals surface area contributed by atoms with Crippen LogP contribution in [0.15, 0.2) is 0 Å². The lowest BCUT2D eigenvalue weighted by molar-refractivity contribution is -0.141. The molecule has 1 atom stereocenters. The van der Waals surface area contributed by atoms with Crippen LogP contribution in [0.2, 0.25) is 0 Å². The van der Waals surface area contributed by atoms with E-state index in [1.807, 2.05) is 13.8 Å². The predicted molar refractivity (Wildman–Crippen MR) is 48.1 cm³/mol. The summed E-state index contributed by atoms with van der Waals surface area (Å²) in [4.78, 5) is 11.7. The summed E-state index contributed by atoms with van der Waals surface area (Å²) in [6.45, 7) is 3.96. The van der Waals surface area contributed by atoms with Crippen molar-refractivity contribution in [3.05, 3.63) is 0 Å². The van der Waals surface area contributed by atoms with Crippen molar-refractivity contribution in [2.45, 2.75) is 45.1 Å². The fraction of sp³-hybridized carbons (Fsp3) is 0.900. The Hall–Kier alpha value is -0.370. The second-order valence-corrected chi connectivity index (χ2v) is 3.76. The van der Waals surface area contributed by atoms with E-state index < -0.39 is 5.60 Å². The van der Waals surface area contributed by atoms with Crippen molar-refractivity contribution in [3.63, 3.8) is 0 Å². The molecule has 1 saturated carbocycles. The van der Waals surface area contributed by atoms with E-state index in [4.69, 9.17) is 4.74 Å². The molecular weight excluding hydrogens is 152 g/mol. The Kier molecular flexibility index (Phi) is 2.89. The molecule has 12 heavy (non-hydrogen) atoms. The van der Waals surface area contributed by atoms with Gasteiger partial charge in [0.2, 0.25) is 0 Å². The smallest absolute Gasteiger partial charge is 0.164 e. The topological polar surface area (TPSA) is 26.3 Å². The van der Waals surface area contributed by atoms with Gasteiger partial charge in [-0.3, -0.25) is 4.79 Å². The van der Waals surface area contributed by atoms with Crippen LogP contribution in [0.25, 0.3) is 0 Å². The monoisotopic (exact) mass is 170 g/mol. The van der Waals surface area contributed by atoms with Crippen LogP contribution < -0.4 is 0 Å². The third-order valence-electron chi connectivity index (χ3n) is 2.81. The molecule has 0 amide bonds. The lowest BCUT2D eigenvalue weighted by atomic mass is 9.92. The molecule has 0 N–H and O–H groups in total. The second kappa shape index (κ2) is 3.56. The van der Waals surface area contributed by atoms with Gasteiger partial charge in [-0.1, -0.05) is 6.92 Å². The molecule has 0 bridgehead atoms. The number of rotatable bonds is 5. The predicted octanol–water partition coefficient (Wildman–Crippen LogP) is 2.17. The number of methoxy groups -OCH3 is 1. The molecule has 0 saturated heterocycles. The molecule has 0 aromatic carbocycles. The van der Waals surface area contributed by atoms with Crippen LogP contribution in [0.5, 0.6) is 0 Å². The first-order valence-electron chi connectivity index (χ1n) is 4.73. The van der Waals surface area contributed by atoms with E-state index in [0.717, 1.165) is 19.3 Å². The zero-order chi connectivity index (χ0) is 9.19. The molecule has 2 heteroatoms. The Balaban J connectivity index is 2.58. The molecule has 1 fully saturated rings. The van der Waals surface area contributed by atoms with E-state index in [1.165, 1.54) is 0 Å².